The number of carboxylic acids is 1. The Kier molecular flexibility index (Phi) is 4.53. The van der Waals surface area contributed by atoms with E-state index in [4.69, 9.17) is 4.74 Å². The van der Waals surface area contributed by atoms with Crippen LogP contribution in [0.1, 0.15) is 17.3 Å². The highest BCUT2D eigenvalue weighted by atomic mass is 32.1. The minimum absolute atomic E-state index is 0.0693. The number of nitro groups is 1. The number of carbonyl (C=O) groups is 2. The highest BCUT2D eigenvalue weighted by Crippen LogP contribution is 2.42. The van der Waals surface area contributed by atoms with Crippen LogP contribution in [0, 0.1) is 16.0 Å². The Morgan fingerprint density at radius 3 is 2.86 bits per heavy atom. The molecule has 114 valence electrons. The predicted molar refractivity (Wildman–Crippen MR) is 73.0 cm³/mol. The largest absolute Gasteiger partial charge is 0.481 e. The van der Waals surface area contributed by atoms with Crippen LogP contribution in [0.25, 0.3) is 0 Å². The molecule has 2 atom stereocenters. The summed E-state index contributed by atoms with van der Waals surface area (Å²) in [6, 6.07) is 2.17. The fraction of sp³-hybridized carbons (Fsp3) is 0.500. The monoisotopic (exact) mass is 314 g/mol. The van der Waals surface area contributed by atoms with Gasteiger partial charge in [-0.1, -0.05) is 11.3 Å². The summed E-state index contributed by atoms with van der Waals surface area (Å²) in [5, 5.41) is 20.0. The van der Waals surface area contributed by atoms with Crippen molar-refractivity contribution in [3.63, 3.8) is 0 Å². The van der Waals surface area contributed by atoms with Gasteiger partial charge in [0.05, 0.1) is 23.5 Å². The minimum Gasteiger partial charge on any atom is -0.481 e. The van der Waals surface area contributed by atoms with Gasteiger partial charge in [0.25, 0.3) is 0 Å². The van der Waals surface area contributed by atoms with E-state index in [2.05, 4.69) is 0 Å². The molecule has 2 rings (SSSR count). The van der Waals surface area contributed by atoms with Crippen LogP contribution in [0.2, 0.25) is 0 Å². The molecule has 2 unspecified atom stereocenters. The van der Waals surface area contributed by atoms with Crippen molar-refractivity contribution in [2.24, 2.45) is 5.92 Å². The number of carboxylic acid groups (broad SMARTS) is 1. The van der Waals surface area contributed by atoms with Gasteiger partial charge in [-0.15, -0.1) is 0 Å². The van der Waals surface area contributed by atoms with Crippen molar-refractivity contribution >= 4 is 28.2 Å². The van der Waals surface area contributed by atoms with E-state index in [1.807, 2.05) is 0 Å². The Balaban J connectivity index is 2.33. The van der Waals surface area contributed by atoms with E-state index in [9.17, 15) is 24.8 Å². The molecule has 8 nitrogen and oxygen atoms in total. The molecule has 0 aliphatic carbocycles. The second kappa shape index (κ2) is 6.19. The topological polar surface area (TPSA) is 110 Å². The van der Waals surface area contributed by atoms with Crippen molar-refractivity contribution in [1.29, 1.82) is 0 Å². The van der Waals surface area contributed by atoms with Crippen LogP contribution in [-0.2, 0) is 14.3 Å². The lowest BCUT2D eigenvalue weighted by molar-refractivity contribution is -0.380. The van der Waals surface area contributed by atoms with Crippen LogP contribution in [-0.4, -0.2) is 47.1 Å². The van der Waals surface area contributed by atoms with E-state index in [-0.39, 0.29) is 30.5 Å². The molecule has 1 aliphatic heterocycles. The molecule has 0 spiro atoms. The van der Waals surface area contributed by atoms with Crippen molar-refractivity contribution in [3.05, 3.63) is 27.1 Å². The molecule has 1 saturated heterocycles. The number of carbonyl (C=O) groups excluding carboxylic acids is 1. The van der Waals surface area contributed by atoms with Crippen LogP contribution in [0.5, 0.6) is 0 Å². The molecule has 1 aliphatic rings. The number of nitrogens with zero attached hydrogens (tertiary/aromatic N) is 2. The first-order valence-corrected chi connectivity index (χ1v) is 7.02. The Morgan fingerprint density at radius 2 is 2.33 bits per heavy atom. The van der Waals surface area contributed by atoms with Crippen molar-refractivity contribution in [2.45, 2.75) is 12.5 Å². The maximum absolute atomic E-state index is 12.0. The van der Waals surface area contributed by atoms with E-state index in [0.717, 1.165) is 11.3 Å². The first-order valence-electron chi connectivity index (χ1n) is 6.21. The lowest BCUT2D eigenvalue weighted by Crippen LogP contribution is -2.32. The molecule has 21 heavy (non-hydrogen) atoms. The average molecular weight is 314 g/mol. The van der Waals surface area contributed by atoms with Crippen molar-refractivity contribution < 1.29 is 24.4 Å². The summed E-state index contributed by atoms with van der Waals surface area (Å²) in [7, 11) is 1.49. The Morgan fingerprint density at radius 1 is 1.62 bits per heavy atom. The number of aliphatic carboxylic acids is 1. The van der Waals surface area contributed by atoms with Gasteiger partial charge in [-0.2, -0.15) is 0 Å². The Bertz CT molecular complexity index is 572. The molecule has 1 N–H and O–H groups in total. The molecule has 2 heterocycles. The van der Waals surface area contributed by atoms with E-state index in [1.165, 1.54) is 24.1 Å². The molecular formula is C12H14N2O6S. The highest BCUT2D eigenvalue weighted by Gasteiger charge is 2.45. The number of amides is 1. The number of ether oxygens (including phenoxy) is 1. The molecule has 0 aromatic carbocycles. The number of likely N-dealkylation sites (tertiary alicyclic amines) is 1. The van der Waals surface area contributed by atoms with Gasteiger partial charge in [0, 0.05) is 31.0 Å². The SMILES string of the molecule is COCCN1C(=O)CC(C(=O)O)C1c1ccc([N+](=O)[O-])s1. The van der Waals surface area contributed by atoms with Crippen LogP contribution >= 0.6 is 11.3 Å². The lowest BCUT2D eigenvalue weighted by atomic mass is 9.99. The summed E-state index contributed by atoms with van der Waals surface area (Å²) in [5.41, 5.74) is 0. The quantitative estimate of drug-likeness (QED) is 0.625. The molecule has 1 aromatic heterocycles. The third-order valence-electron chi connectivity index (χ3n) is 3.37. The van der Waals surface area contributed by atoms with Gasteiger partial charge < -0.3 is 14.7 Å². The van der Waals surface area contributed by atoms with E-state index in [1.54, 1.807) is 0 Å². The van der Waals surface area contributed by atoms with Crippen LogP contribution < -0.4 is 0 Å². The van der Waals surface area contributed by atoms with Crippen LogP contribution in [0.3, 0.4) is 0 Å². The van der Waals surface area contributed by atoms with E-state index in [0.29, 0.717) is 4.88 Å². The predicted octanol–water partition coefficient (Wildman–Crippen LogP) is 1.28. The van der Waals surface area contributed by atoms with Gasteiger partial charge in [-0.05, 0) is 6.07 Å². The van der Waals surface area contributed by atoms with Gasteiger partial charge in [0.15, 0.2) is 0 Å². The van der Waals surface area contributed by atoms with Crippen molar-refractivity contribution in [1.82, 2.24) is 4.90 Å². The Hall–Kier alpha value is -2.00. The number of hydrogen-bond acceptors (Lipinski definition) is 6. The van der Waals surface area contributed by atoms with Gasteiger partial charge in [-0.25, -0.2) is 0 Å². The van der Waals surface area contributed by atoms with E-state index < -0.39 is 22.9 Å². The molecule has 9 heteroatoms. The number of methoxy groups -OCH3 is 1. The maximum atomic E-state index is 12.0. The molecule has 1 fully saturated rings. The van der Waals surface area contributed by atoms with Gasteiger partial charge >= 0.3 is 11.0 Å². The molecule has 1 amide bonds. The summed E-state index contributed by atoms with van der Waals surface area (Å²) in [5.74, 6) is -2.25. The third kappa shape index (κ3) is 3.03. The maximum Gasteiger partial charge on any atom is 0.324 e. The zero-order valence-corrected chi connectivity index (χ0v) is 12.0. The van der Waals surface area contributed by atoms with E-state index >= 15 is 0 Å². The first kappa shape index (κ1) is 15.4. The third-order valence-corrected chi connectivity index (χ3v) is 4.48. The average Bonchev–Trinajstić information content (AvgIpc) is 3.01. The van der Waals surface area contributed by atoms with Crippen LogP contribution in [0.4, 0.5) is 5.00 Å². The molecule has 0 radical (unpaired) electrons. The molecule has 1 aromatic rings. The Labute approximate surface area is 124 Å². The highest BCUT2D eigenvalue weighted by molar-refractivity contribution is 7.15. The summed E-state index contributed by atoms with van der Waals surface area (Å²) < 4.78 is 4.93. The minimum atomic E-state index is -1.08. The first-order chi connectivity index (χ1) is 9.95. The number of rotatable bonds is 6. The summed E-state index contributed by atoms with van der Waals surface area (Å²) in [6.07, 6.45) is -0.102. The number of hydrogen-bond donors (Lipinski definition) is 1. The fourth-order valence-electron chi connectivity index (χ4n) is 2.42. The molecule has 0 bridgehead atoms. The molecular weight excluding hydrogens is 300 g/mol. The second-order valence-corrected chi connectivity index (χ2v) is 5.70. The van der Waals surface area contributed by atoms with Gasteiger partial charge in [-0.3, -0.25) is 19.7 Å². The fourth-order valence-corrected chi connectivity index (χ4v) is 3.42. The van der Waals surface area contributed by atoms with Gasteiger partial charge in [0.2, 0.25) is 5.91 Å². The summed E-state index contributed by atoms with van der Waals surface area (Å²) in [4.78, 5) is 35.5. The molecule has 0 saturated carbocycles. The van der Waals surface area contributed by atoms with Crippen molar-refractivity contribution in [2.75, 3.05) is 20.3 Å². The lowest BCUT2D eigenvalue weighted by Gasteiger charge is -2.25. The summed E-state index contributed by atoms with van der Waals surface area (Å²) >= 11 is 0.902. The second-order valence-electron chi connectivity index (χ2n) is 4.61. The standard InChI is InChI=1S/C12H14N2O6S/c1-20-5-4-13-9(15)6-7(12(16)17)11(13)8-2-3-10(21-8)14(18)19/h2-3,7,11H,4-6H2,1H3,(H,16,17). The van der Waals surface area contributed by atoms with Crippen LogP contribution in [0.15, 0.2) is 12.1 Å². The van der Waals surface area contributed by atoms with Gasteiger partial charge in [0.1, 0.15) is 0 Å². The zero-order valence-electron chi connectivity index (χ0n) is 11.2. The zero-order chi connectivity index (χ0) is 15.6. The normalized spacial score (nSPS) is 21.8. The van der Waals surface area contributed by atoms with Crippen molar-refractivity contribution in [3.8, 4) is 0 Å². The smallest absolute Gasteiger partial charge is 0.324 e. The summed E-state index contributed by atoms with van der Waals surface area (Å²) in [6.45, 7) is 0.539. The number of thiophene rings is 1.